The van der Waals surface area contributed by atoms with Crippen molar-refractivity contribution in [1.82, 2.24) is 15.5 Å². The smallest absolute Gasteiger partial charge is 0.227 e. The first kappa shape index (κ1) is 16.8. The first-order valence-corrected chi connectivity index (χ1v) is 8.65. The lowest BCUT2D eigenvalue weighted by Gasteiger charge is -2.37. The van der Waals surface area contributed by atoms with E-state index in [2.05, 4.69) is 17.6 Å². The molecule has 1 amide bonds. The Morgan fingerprint density at radius 1 is 1.29 bits per heavy atom. The van der Waals surface area contributed by atoms with E-state index >= 15 is 0 Å². The van der Waals surface area contributed by atoms with Crippen molar-refractivity contribution in [3.05, 3.63) is 0 Å². The second-order valence-corrected chi connectivity index (χ2v) is 7.91. The van der Waals surface area contributed by atoms with E-state index < -0.39 is 0 Å². The van der Waals surface area contributed by atoms with Crippen molar-refractivity contribution in [2.45, 2.75) is 77.9 Å². The van der Waals surface area contributed by atoms with Gasteiger partial charge in [-0.1, -0.05) is 20.8 Å². The Kier molecular flexibility index (Phi) is 5.67. The zero-order valence-corrected chi connectivity index (χ0v) is 14.2. The van der Waals surface area contributed by atoms with E-state index in [0.717, 1.165) is 25.9 Å². The van der Waals surface area contributed by atoms with E-state index in [1.54, 1.807) is 0 Å². The van der Waals surface area contributed by atoms with Gasteiger partial charge in [-0.05, 0) is 45.6 Å². The minimum atomic E-state index is -0.248. The van der Waals surface area contributed by atoms with Crippen LogP contribution in [0, 0.1) is 5.41 Å². The Bertz CT molecular complexity index is 336. The molecule has 2 aliphatic rings. The van der Waals surface area contributed by atoms with Crippen molar-refractivity contribution in [2.75, 3.05) is 19.6 Å². The zero-order chi connectivity index (χ0) is 15.5. The number of hydrogen-bond acceptors (Lipinski definition) is 3. The molecule has 2 N–H and O–H groups in total. The average Bonchev–Trinajstić information content (AvgIpc) is 2.90. The lowest BCUT2D eigenvalue weighted by molar-refractivity contribution is -0.140. The number of hydrogen-bond donors (Lipinski definition) is 2. The summed E-state index contributed by atoms with van der Waals surface area (Å²) < 4.78 is 0. The van der Waals surface area contributed by atoms with Gasteiger partial charge in [-0.25, -0.2) is 0 Å². The molecule has 2 unspecified atom stereocenters. The summed E-state index contributed by atoms with van der Waals surface area (Å²) in [6, 6.07) is 1.84. The molecule has 0 radical (unpaired) electrons. The van der Waals surface area contributed by atoms with Crippen LogP contribution in [0.5, 0.6) is 0 Å². The van der Waals surface area contributed by atoms with Gasteiger partial charge in [0.25, 0.3) is 0 Å². The van der Waals surface area contributed by atoms with E-state index in [1.807, 2.05) is 25.7 Å². The molecule has 2 saturated heterocycles. The van der Waals surface area contributed by atoms with Gasteiger partial charge in [-0.2, -0.15) is 0 Å². The van der Waals surface area contributed by atoms with E-state index in [9.17, 15) is 4.79 Å². The highest BCUT2D eigenvalue weighted by Crippen LogP contribution is 2.21. The van der Waals surface area contributed by atoms with Gasteiger partial charge in [0.1, 0.15) is 0 Å². The monoisotopic (exact) mass is 295 g/mol. The van der Waals surface area contributed by atoms with Crippen LogP contribution in [0.2, 0.25) is 0 Å². The fourth-order valence-electron chi connectivity index (χ4n) is 3.58. The topological polar surface area (TPSA) is 44.4 Å². The van der Waals surface area contributed by atoms with Gasteiger partial charge in [-0.3, -0.25) is 4.79 Å². The van der Waals surface area contributed by atoms with E-state index in [-0.39, 0.29) is 5.41 Å². The highest BCUT2D eigenvalue weighted by Gasteiger charge is 2.30. The molecule has 0 aliphatic carbocycles. The number of piperidine rings is 1. The van der Waals surface area contributed by atoms with Crippen molar-refractivity contribution < 1.29 is 4.79 Å². The van der Waals surface area contributed by atoms with Crippen molar-refractivity contribution in [3.63, 3.8) is 0 Å². The molecule has 4 nitrogen and oxygen atoms in total. The van der Waals surface area contributed by atoms with Gasteiger partial charge >= 0.3 is 0 Å². The van der Waals surface area contributed by atoms with Gasteiger partial charge in [-0.15, -0.1) is 0 Å². The summed E-state index contributed by atoms with van der Waals surface area (Å²) in [5.41, 5.74) is -0.248. The van der Waals surface area contributed by atoms with Crippen LogP contribution in [-0.2, 0) is 4.79 Å². The number of amides is 1. The Morgan fingerprint density at radius 3 is 2.48 bits per heavy atom. The number of likely N-dealkylation sites (tertiary alicyclic amines) is 1. The normalized spacial score (nSPS) is 26.1. The maximum atomic E-state index is 12.3. The summed E-state index contributed by atoms with van der Waals surface area (Å²) in [7, 11) is 0. The molecular formula is C17H33N3O. The Morgan fingerprint density at radius 2 is 1.95 bits per heavy atom. The number of nitrogens with zero attached hydrogens (tertiary/aromatic N) is 1. The molecule has 0 aromatic heterocycles. The second kappa shape index (κ2) is 7.10. The third kappa shape index (κ3) is 4.96. The van der Waals surface area contributed by atoms with Gasteiger partial charge in [0.2, 0.25) is 5.91 Å². The molecule has 2 rings (SSSR count). The summed E-state index contributed by atoms with van der Waals surface area (Å²) in [6.45, 7) is 11.3. The van der Waals surface area contributed by atoms with Gasteiger partial charge in [0.05, 0.1) is 0 Å². The fraction of sp³-hybridized carbons (Fsp3) is 0.941. The van der Waals surface area contributed by atoms with Crippen LogP contribution in [0.15, 0.2) is 0 Å². The molecule has 4 heteroatoms. The number of carbonyl (C=O) groups is 1. The maximum Gasteiger partial charge on any atom is 0.227 e. The average molecular weight is 295 g/mol. The molecule has 0 aromatic carbocycles. The van der Waals surface area contributed by atoms with E-state index in [1.165, 1.54) is 25.8 Å². The first-order valence-electron chi connectivity index (χ1n) is 8.65. The summed E-state index contributed by atoms with van der Waals surface area (Å²) >= 11 is 0. The summed E-state index contributed by atoms with van der Waals surface area (Å²) in [5.74, 6) is 0.296. The number of nitrogens with one attached hydrogen (secondary N) is 2. The van der Waals surface area contributed by atoms with Crippen molar-refractivity contribution in [1.29, 1.82) is 0 Å². The van der Waals surface area contributed by atoms with Crippen LogP contribution in [0.25, 0.3) is 0 Å². The Labute approximate surface area is 130 Å². The lowest BCUT2D eigenvalue weighted by Crippen LogP contribution is -2.50. The molecule has 21 heavy (non-hydrogen) atoms. The molecule has 0 saturated carbocycles. The predicted molar refractivity (Wildman–Crippen MR) is 87.3 cm³/mol. The lowest BCUT2D eigenvalue weighted by atomic mass is 9.92. The minimum Gasteiger partial charge on any atom is -0.342 e. The maximum absolute atomic E-state index is 12.3. The van der Waals surface area contributed by atoms with Gasteiger partial charge in [0.15, 0.2) is 0 Å². The summed E-state index contributed by atoms with van der Waals surface area (Å²) in [5, 5.41) is 7.34. The predicted octanol–water partition coefficient (Wildman–Crippen LogP) is 2.14. The Balaban J connectivity index is 1.70. The third-order valence-electron chi connectivity index (χ3n) is 4.74. The molecule has 0 aromatic rings. The Hall–Kier alpha value is -0.610. The van der Waals surface area contributed by atoms with Crippen LogP contribution in [0.1, 0.15) is 59.8 Å². The van der Waals surface area contributed by atoms with E-state index in [4.69, 9.17) is 0 Å². The largest absolute Gasteiger partial charge is 0.342 e. The molecule has 2 aliphatic heterocycles. The minimum absolute atomic E-state index is 0.248. The quantitative estimate of drug-likeness (QED) is 0.835. The SMILES string of the molecule is CC(CC1CCCN1)NC1CCN(C(=O)C(C)(C)C)CC1. The third-order valence-corrected chi connectivity index (χ3v) is 4.74. The zero-order valence-electron chi connectivity index (χ0n) is 14.2. The summed E-state index contributed by atoms with van der Waals surface area (Å²) in [4.78, 5) is 14.3. The van der Waals surface area contributed by atoms with Gasteiger partial charge in [0, 0.05) is 36.6 Å². The number of carbonyl (C=O) groups excluding carboxylic acids is 1. The highest BCUT2D eigenvalue weighted by atomic mass is 16.2. The van der Waals surface area contributed by atoms with Crippen LogP contribution < -0.4 is 10.6 Å². The molecule has 0 spiro atoms. The van der Waals surface area contributed by atoms with Crippen molar-refractivity contribution >= 4 is 5.91 Å². The van der Waals surface area contributed by atoms with Crippen LogP contribution in [-0.4, -0.2) is 48.6 Å². The second-order valence-electron chi connectivity index (χ2n) is 7.91. The highest BCUT2D eigenvalue weighted by molar-refractivity contribution is 5.81. The van der Waals surface area contributed by atoms with Crippen molar-refractivity contribution in [2.24, 2.45) is 5.41 Å². The summed E-state index contributed by atoms with van der Waals surface area (Å²) in [6.07, 6.45) is 6.05. The molecule has 2 atom stereocenters. The molecule has 0 bridgehead atoms. The fourth-order valence-corrected chi connectivity index (χ4v) is 3.58. The van der Waals surface area contributed by atoms with E-state index in [0.29, 0.717) is 24.0 Å². The molecule has 2 fully saturated rings. The van der Waals surface area contributed by atoms with Crippen molar-refractivity contribution in [3.8, 4) is 0 Å². The van der Waals surface area contributed by atoms with Crippen LogP contribution in [0.4, 0.5) is 0 Å². The van der Waals surface area contributed by atoms with Gasteiger partial charge < -0.3 is 15.5 Å². The number of rotatable bonds is 4. The molecular weight excluding hydrogens is 262 g/mol. The molecule has 2 heterocycles. The van der Waals surface area contributed by atoms with Crippen LogP contribution >= 0.6 is 0 Å². The molecule has 122 valence electrons. The first-order chi connectivity index (χ1) is 9.86. The van der Waals surface area contributed by atoms with Crippen LogP contribution in [0.3, 0.4) is 0 Å². The standard InChI is InChI=1S/C17H33N3O/c1-13(12-15-6-5-9-18-15)19-14-7-10-20(11-8-14)16(21)17(2,3)4/h13-15,18-19H,5-12H2,1-4H3.